The zero-order chi connectivity index (χ0) is 80.9. The number of phosphoric ester groups is 1. The Morgan fingerprint density at radius 2 is 1.19 bits per heavy atom. The molecule has 1 aliphatic heterocycles. The number of aromatic amines is 1. The lowest BCUT2D eigenvalue weighted by Gasteiger charge is -2.20. The summed E-state index contributed by atoms with van der Waals surface area (Å²) in [5.41, 5.74) is 25.4. The van der Waals surface area contributed by atoms with Crippen molar-refractivity contribution in [1.29, 1.82) is 0 Å². The van der Waals surface area contributed by atoms with E-state index in [-0.39, 0.29) is 87.0 Å². The van der Waals surface area contributed by atoms with Crippen LogP contribution in [0.15, 0.2) is 79.7 Å². The second-order valence-corrected chi connectivity index (χ2v) is 30.8. The van der Waals surface area contributed by atoms with Crippen molar-refractivity contribution < 1.29 is 118 Å². The number of carbonyl (C=O) groups excluding carboxylic acids is 5. The van der Waals surface area contributed by atoms with Crippen LogP contribution in [-0.2, 0) is 74.4 Å². The number of H-pyrrole nitrogens is 1. The van der Waals surface area contributed by atoms with Gasteiger partial charge in [-0.25, -0.2) is 23.3 Å². The number of hydrogen-bond acceptors (Lipinski definition) is 25. The number of hydrogen-bond donors (Lipinski definition) is 9. The zero-order valence-corrected chi connectivity index (χ0v) is 64.1. The van der Waals surface area contributed by atoms with Gasteiger partial charge in [0.1, 0.15) is 74.1 Å². The van der Waals surface area contributed by atoms with E-state index in [0.717, 1.165) is 62.1 Å². The highest BCUT2D eigenvalue weighted by Gasteiger charge is 2.44. The molecular weight excluding hydrogens is 1500 g/mol. The molecule has 7 atom stereocenters. The van der Waals surface area contributed by atoms with E-state index in [2.05, 4.69) is 113 Å². The van der Waals surface area contributed by atoms with Crippen molar-refractivity contribution in [3.05, 3.63) is 124 Å². The third-order valence-electron chi connectivity index (χ3n) is 14.8. The monoisotopic (exact) mass is 1600 g/mol. The number of amides is 3. The molecular formula is C65H97N14O27P3. The fourth-order valence-corrected chi connectivity index (χ4v) is 12.7. The average molecular weight is 1600 g/mol. The predicted octanol–water partition coefficient (Wildman–Crippen LogP) is 9.01. The van der Waals surface area contributed by atoms with Crippen LogP contribution in [0, 0.1) is 22.7 Å². The van der Waals surface area contributed by atoms with Gasteiger partial charge in [0.15, 0.2) is 12.5 Å². The van der Waals surface area contributed by atoms with Gasteiger partial charge in [0.25, 0.3) is 17.4 Å². The van der Waals surface area contributed by atoms with Crippen molar-refractivity contribution in [1.82, 2.24) is 25.5 Å². The van der Waals surface area contributed by atoms with Crippen LogP contribution in [0.25, 0.3) is 31.3 Å². The van der Waals surface area contributed by atoms with Gasteiger partial charge in [0.05, 0.1) is 45.7 Å². The van der Waals surface area contributed by atoms with E-state index in [0.29, 0.717) is 79.7 Å². The van der Waals surface area contributed by atoms with Crippen molar-refractivity contribution in [2.45, 2.75) is 169 Å². The zero-order valence-electron chi connectivity index (χ0n) is 61.4. The molecule has 9 N–H and O–H groups in total. The van der Waals surface area contributed by atoms with Crippen molar-refractivity contribution in [3.63, 3.8) is 0 Å². The summed E-state index contributed by atoms with van der Waals surface area (Å²) in [6.45, 7) is 10.6. The summed E-state index contributed by atoms with van der Waals surface area (Å²) in [6, 6.07) is 12.8. The summed E-state index contributed by atoms with van der Waals surface area (Å²) < 4.78 is 91.0. The summed E-state index contributed by atoms with van der Waals surface area (Å²) in [5, 5.41) is 26.8. The van der Waals surface area contributed by atoms with E-state index in [1.165, 1.54) is 6.07 Å². The number of rotatable bonds is 52. The molecule has 2 heterocycles. The quantitative estimate of drug-likeness (QED) is 0.00635. The number of phosphoric acid groups is 3. The van der Waals surface area contributed by atoms with Gasteiger partial charge >= 0.3 is 35.1 Å². The van der Waals surface area contributed by atoms with Crippen molar-refractivity contribution in [2.75, 3.05) is 85.8 Å². The Morgan fingerprint density at radius 1 is 0.679 bits per heavy atom. The van der Waals surface area contributed by atoms with E-state index in [4.69, 9.17) is 69.4 Å². The number of unbranched alkanes of at least 4 members (excludes halogenated alkanes) is 4. The van der Waals surface area contributed by atoms with Gasteiger partial charge in [0, 0.05) is 77.3 Å². The Kier molecular flexibility index (Phi) is 43.8. The molecule has 4 rings (SSSR count). The maximum absolute atomic E-state index is 12.8. The van der Waals surface area contributed by atoms with Gasteiger partial charge in [0.2, 0.25) is 5.91 Å². The number of ether oxygens (including phenoxy) is 8. The van der Waals surface area contributed by atoms with Crippen LogP contribution in [0.4, 0.5) is 0 Å². The Hall–Kier alpha value is -8.40. The van der Waals surface area contributed by atoms with Crippen LogP contribution in [0.5, 0.6) is 11.5 Å². The number of nitrogens with zero attached hydrogens (tertiary/aromatic N) is 10. The number of nitrogens with one attached hydrogen (secondary N) is 4. The van der Waals surface area contributed by atoms with E-state index < -0.39 is 104 Å². The van der Waals surface area contributed by atoms with E-state index in [1.807, 2.05) is 4.98 Å². The summed E-state index contributed by atoms with van der Waals surface area (Å²) >= 11 is 0. The predicted molar refractivity (Wildman–Crippen MR) is 388 cm³/mol. The first kappa shape index (κ1) is 94.8. The number of aliphatic carboxylic acids is 1. The Balaban J connectivity index is 0.000000698. The van der Waals surface area contributed by atoms with Gasteiger partial charge in [-0.05, 0) is 102 Å². The smallest absolute Gasteiger partial charge is 0.490 e. The maximum atomic E-state index is 12.8. The number of carboxylic acids is 1. The van der Waals surface area contributed by atoms with Gasteiger partial charge < -0.3 is 78.5 Å². The SMILES string of the molecule is CC(C)(C)CCCCCC(=O)CCCNC(=O)c1cccc(OCC(N=[N+]=[N-])OCCOCC(=O)NCC#Cc2cn(C3CC(OCN=[N+]=[N-])C(COP(=O)(O)OP(=O)(O)OP(=O)(O)O)O3)c(=O)[nH]c2=O)c1.CC(C)(C)CCCCCC(=O)CCCNC(=O)c1cccc(OCC(N=[N+]=[N-])OCCOCC(=O)O)c1. The van der Waals surface area contributed by atoms with Gasteiger partial charge in [-0.15, -0.1) is 0 Å². The highest BCUT2D eigenvalue weighted by atomic mass is 31.3. The first-order valence-electron chi connectivity index (χ1n) is 34.4. The van der Waals surface area contributed by atoms with E-state index >= 15 is 0 Å². The molecule has 0 saturated carbocycles. The highest BCUT2D eigenvalue weighted by Crippen LogP contribution is 2.66. The van der Waals surface area contributed by atoms with Crippen molar-refractivity contribution in [3.8, 4) is 23.3 Å². The average Bonchev–Trinajstić information content (AvgIpc) is 1.68. The Labute approximate surface area is 627 Å². The minimum Gasteiger partial charge on any atom is -0.491 e. The molecule has 1 aliphatic rings. The Bertz CT molecular complexity index is 3910. The number of Topliss-reactive ketones (excluding diaryl/α,β-unsaturated/α-hetero) is 2. The Morgan fingerprint density at radius 3 is 1.68 bits per heavy atom. The van der Waals surface area contributed by atoms with Crippen LogP contribution < -0.4 is 36.7 Å². The fourth-order valence-electron chi connectivity index (χ4n) is 9.63. The lowest BCUT2D eigenvalue weighted by molar-refractivity contribution is -0.143. The molecule has 1 saturated heterocycles. The number of aromatic nitrogens is 2. The molecule has 1 aromatic heterocycles. The molecule has 3 amide bonds. The van der Waals surface area contributed by atoms with Gasteiger partial charge in [-0.3, -0.25) is 42.8 Å². The van der Waals surface area contributed by atoms with Crippen molar-refractivity contribution in [2.24, 2.45) is 26.2 Å². The van der Waals surface area contributed by atoms with Gasteiger partial charge in [-0.1, -0.05) is 107 Å². The molecule has 41 nitrogen and oxygen atoms in total. The number of benzene rings is 2. The standard InChI is InChI=1S/C39H57N10O20P3.C26H40N4O7/c1-39(2,3)15-6-4-5-12-29(50)13-9-17-43-36(52)27-10-7-14-30(20-27)64-25-34(46-48-41)63-19-18-62-24-33(51)42-16-8-11-28-22-49(38(54)45-37(28)53)35-21-31(65-26-44-47-40)32(67-35)23-66-71(58,59)69-72(60,61)68-70(55,56)57;1-26(2,3)13-6-4-5-10-21(31)11-8-14-28-25(34)20-9-7-12-22(17-20)37-18-23(29-30-27)36-16-15-35-19-24(32)33/h7,10,14,20,22,31-32,34-35H,4-6,9,12-13,15-19,21,23-26H2,1-3H3,(H,42,51)(H,43,52)(H,58,59)(H,60,61)(H,45,53,54)(H2,55,56,57);7,9,12,17,23H,4-6,8,10-11,13-16,18-19H2,1-3H3,(H,28,34)(H,32,33). The minimum atomic E-state index is -5.84. The van der Waals surface area contributed by atoms with E-state index in [9.17, 15) is 61.8 Å². The molecule has 109 heavy (non-hydrogen) atoms. The lowest BCUT2D eigenvalue weighted by Crippen LogP contribution is -2.34. The molecule has 1 fully saturated rings. The third-order valence-corrected chi connectivity index (χ3v) is 18.6. The van der Waals surface area contributed by atoms with Crippen molar-refractivity contribution >= 4 is 58.7 Å². The normalized spacial score (nSPS) is 15.7. The molecule has 0 spiro atoms. The summed E-state index contributed by atoms with van der Waals surface area (Å²) in [7, 11) is -17.1. The lowest BCUT2D eigenvalue weighted by atomic mass is 9.89. The van der Waals surface area contributed by atoms with Crippen LogP contribution in [-0.4, -0.2) is 180 Å². The number of carbonyl (C=O) groups is 6. The molecule has 3 aromatic rings. The first-order valence-corrected chi connectivity index (χ1v) is 38.9. The molecule has 7 unspecified atom stereocenters. The third kappa shape index (κ3) is 44.8. The highest BCUT2D eigenvalue weighted by molar-refractivity contribution is 7.66. The largest absolute Gasteiger partial charge is 0.491 e. The summed E-state index contributed by atoms with van der Waals surface area (Å²) in [5.74, 6) is 3.75. The first-order chi connectivity index (χ1) is 51.5. The van der Waals surface area contributed by atoms with E-state index in [1.54, 1.807) is 42.5 Å². The van der Waals surface area contributed by atoms with Crippen LogP contribution in [0.1, 0.15) is 170 Å². The second kappa shape index (κ2) is 50.4. The molecule has 604 valence electrons. The summed E-state index contributed by atoms with van der Waals surface area (Å²) in [6.07, 6.45) is 6.21. The molecule has 0 bridgehead atoms. The minimum absolute atomic E-state index is 0.0163. The molecule has 0 aliphatic carbocycles. The van der Waals surface area contributed by atoms with Gasteiger partial charge in [-0.2, -0.15) is 8.62 Å². The summed E-state index contributed by atoms with van der Waals surface area (Å²) in [4.78, 5) is 144. The second-order valence-electron chi connectivity index (χ2n) is 26.4. The topological polar surface area (TPSA) is 594 Å². The van der Waals surface area contributed by atoms with Crippen LogP contribution in [0.2, 0.25) is 0 Å². The number of azide groups is 3. The molecule has 44 heteroatoms. The molecule has 0 radical (unpaired) electrons. The fraction of sp³-hybridized carbons (Fsp3) is 0.631. The maximum Gasteiger partial charge on any atom is 0.490 e. The van der Waals surface area contributed by atoms with Crippen LogP contribution >= 0.6 is 23.5 Å². The van der Waals surface area contributed by atoms with Crippen LogP contribution in [0.3, 0.4) is 0 Å². The number of carboxylic acid groups (broad SMARTS) is 1. The number of ketones is 2. The molecule has 2 aromatic carbocycles.